The lowest BCUT2D eigenvalue weighted by Gasteiger charge is -2.23. The maximum absolute atomic E-state index is 11.9. The van der Waals surface area contributed by atoms with Gasteiger partial charge in [-0.3, -0.25) is 9.59 Å². The van der Waals surface area contributed by atoms with Crippen LogP contribution in [0.4, 0.5) is 5.69 Å². The summed E-state index contributed by atoms with van der Waals surface area (Å²) >= 11 is 5.99. The molecule has 0 radical (unpaired) electrons. The highest BCUT2D eigenvalue weighted by Crippen LogP contribution is 2.38. The molecule has 1 unspecified atom stereocenters. The van der Waals surface area contributed by atoms with Crippen LogP contribution in [0.3, 0.4) is 0 Å². The summed E-state index contributed by atoms with van der Waals surface area (Å²) in [5.41, 5.74) is 4.69. The second-order valence-electron chi connectivity index (χ2n) is 6.02. The van der Waals surface area contributed by atoms with Gasteiger partial charge in [0, 0.05) is 23.1 Å². The lowest BCUT2D eigenvalue weighted by molar-refractivity contribution is -0.116. The molecule has 0 aromatic heterocycles. The summed E-state index contributed by atoms with van der Waals surface area (Å²) in [4.78, 5) is 23.1. The molecule has 0 bridgehead atoms. The Balaban J connectivity index is 1.85. The monoisotopic (exact) mass is 351 g/mol. The van der Waals surface area contributed by atoms with Crippen LogP contribution in [0.2, 0.25) is 5.02 Å². The molecular weight excluding hydrogens is 338 g/mol. The summed E-state index contributed by atoms with van der Waals surface area (Å²) in [7, 11) is 0. The largest absolute Gasteiger partial charge is 0.325 e. The molecule has 2 aromatic carbocycles. The Labute approximate surface area is 149 Å². The average molecular weight is 352 g/mol. The highest BCUT2D eigenvalue weighted by Gasteiger charge is 2.22. The molecule has 0 saturated heterocycles. The predicted molar refractivity (Wildman–Crippen MR) is 95.6 cm³/mol. The fraction of sp³-hybridized carbons (Fsp3) is 0.158. The van der Waals surface area contributed by atoms with Gasteiger partial charge in [-0.2, -0.15) is 5.11 Å². The van der Waals surface area contributed by atoms with E-state index in [9.17, 15) is 9.59 Å². The van der Waals surface area contributed by atoms with Gasteiger partial charge in [0.05, 0.1) is 5.69 Å². The number of nitrogens with one attached hydrogen (secondary N) is 1. The fourth-order valence-corrected chi connectivity index (χ4v) is 3.22. The highest BCUT2D eigenvalue weighted by atomic mass is 35.5. The molecule has 0 fully saturated rings. The summed E-state index contributed by atoms with van der Waals surface area (Å²) in [6.45, 7) is 0. The first-order valence-electron chi connectivity index (χ1n) is 7.96. The van der Waals surface area contributed by atoms with Crippen LogP contribution in [-0.4, -0.2) is 11.8 Å². The Hall–Kier alpha value is -2.79. The topological polar surface area (TPSA) is 70.9 Å². The van der Waals surface area contributed by atoms with E-state index in [-0.39, 0.29) is 17.9 Å². The van der Waals surface area contributed by atoms with Gasteiger partial charge >= 0.3 is 0 Å². The van der Waals surface area contributed by atoms with E-state index in [1.807, 2.05) is 36.4 Å². The molecule has 5 nitrogen and oxygen atoms in total. The molecule has 0 aliphatic carbocycles. The van der Waals surface area contributed by atoms with E-state index >= 15 is 0 Å². The molecule has 0 spiro atoms. The Morgan fingerprint density at radius 2 is 1.88 bits per heavy atom. The Bertz CT molecular complexity index is 916. The van der Waals surface area contributed by atoms with Crippen LogP contribution in [0.15, 0.2) is 58.8 Å². The van der Waals surface area contributed by atoms with Crippen molar-refractivity contribution in [2.45, 2.75) is 18.9 Å². The van der Waals surface area contributed by atoms with Crippen molar-refractivity contribution < 1.29 is 9.59 Å². The van der Waals surface area contributed by atoms with Gasteiger partial charge in [-0.25, -0.2) is 0 Å². The number of carbonyl (C=O) groups is 2. The van der Waals surface area contributed by atoms with Gasteiger partial charge in [0.15, 0.2) is 0 Å². The molecule has 6 heteroatoms. The van der Waals surface area contributed by atoms with E-state index in [0.29, 0.717) is 17.9 Å². The number of benzene rings is 2. The van der Waals surface area contributed by atoms with Crippen LogP contribution in [0.5, 0.6) is 0 Å². The van der Waals surface area contributed by atoms with Crippen molar-refractivity contribution in [3.05, 3.63) is 64.7 Å². The normalized spacial score (nSPS) is 18.8. The Kier molecular flexibility index (Phi) is 3.93. The van der Waals surface area contributed by atoms with E-state index in [2.05, 4.69) is 15.5 Å². The molecular formula is C19H14ClN3O2. The Morgan fingerprint density at radius 3 is 2.60 bits per heavy atom. The van der Waals surface area contributed by atoms with Crippen LogP contribution in [0.25, 0.3) is 11.1 Å². The third-order valence-corrected chi connectivity index (χ3v) is 4.58. The number of azo groups is 1. The third kappa shape index (κ3) is 3.10. The lowest BCUT2D eigenvalue weighted by Crippen LogP contribution is -2.20. The molecule has 2 aliphatic heterocycles. The van der Waals surface area contributed by atoms with Crippen molar-refractivity contribution in [1.82, 2.24) is 0 Å². The van der Waals surface area contributed by atoms with E-state index in [0.717, 1.165) is 27.9 Å². The van der Waals surface area contributed by atoms with Crippen molar-refractivity contribution in [2.75, 3.05) is 5.32 Å². The molecule has 124 valence electrons. The van der Waals surface area contributed by atoms with Gasteiger partial charge in [-0.1, -0.05) is 29.8 Å². The van der Waals surface area contributed by atoms with Crippen molar-refractivity contribution >= 4 is 29.1 Å². The number of aryl methyl sites for hydroxylation is 1. The van der Waals surface area contributed by atoms with E-state index < -0.39 is 0 Å². The van der Waals surface area contributed by atoms with Gasteiger partial charge in [0.2, 0.25) is 5.91 Å². The smallest absolute Gasteiger partial charge is 0.287 e. The van der Waals surface area contributed by atoms with Crippen molar-refractivity contribution in [3.8, 4) is 11.1 Å². The van der Waals surface area contributed by atoms with E-state index in [1.54, 1.807) is 6.08 Å². The number of amides is 2. The van der Waals surface area contributed by atoms with E-state index in [4.69, 9.17) is 11.6 Å². The Morgan fingerprint density at radius 1 is 1.08 bits per heavy atom. The zero-order chi connectivity index (χ0) is 17.4. The second-order valence-corrected chi connectivity index (χ2v) is 6.45. The number of hydrogen-bond acceptors (Lipinski definition) is 3. The van der Waals surface area contributed by atoms with Gasteiger partial charge in [-0.15, -0.1) is 5.11 Å². The lowest BCUT2D eigenvalue weighted by atomic mass is 9.90. The first kappa shape index (κ1) is 15.7. The van der Waals surface area contributed by atoms with Gasteiger partial charge in [-0.05, 0) is 47.4 Å². The first-order valence-corrected chi connectivity index (χ1v) is 8.33. The van der Waals surface area contributed by atoms with Crippen molar-refractivity contribution in [1.29, 1.82) is 0 Å². The molecule has 25 heavy (non-hydrogen) atoms. The van der Waals surface area contributed by atoms with Gasteiger partial charge in [0.1, 0.15) is 6.04 Å². The minimum Gasteiger partial charge on any atom is -0.325 e. The summed E-state index contributed by atoms with van der Waals surface area (Å²) in [5, 5.41) is 11.3. The minimum absolute atomic E-state index is 0.0123. The number of halogens is 1. The number of carbonyl (C=O) groups excluding carboxylic acids is 2. The van der Waals surface area contributed by atoms with Crippen LogP contribution in [-0.2, 0) is 16.0 Å². The second kappa shape index (κ2) is 6.26. The predicted octanol–water partition coefficient (Wildman–Crippen LogP) is 4.48. The van der Waals surface area contributed by atoms with Gasteiger partial charge in [0.25, 0.3) is 5.91 Å². The zero-order valence-electron chi connectivity index (χ0n) is 13.2. The molecule has 1 atom stereocenters. The summed E-state index contributed by atoms with van der Waals surface area (Å²) < 4.78 is 0. The number of fused-ring (bicyclic) bond motifs is 1. The molecule has 4 rings (SSSR count). The van der Waals surface area contributed by atoms with Gasteiger partial charge < -0.3 is 5.32 Å². The SMILES string of the molecule is O=C1C=CC(c2cc3c(c(-c4ccc(Cl)cc4)c2)NC(=O)CC3)N=N1. The first-order chi connectivity index (χ1) is 12.1. The summed E-state index contributed by atoms with van der Waals surface area (Å²) in [5.74, 6) is -0.335. The highest BCUT2D eigenvalue weighted by molar-refractivity contribution is 6.30. The molecule has 1 N–H and O–H groups in total. The van der Waals surface area contributed by atoms with Crippen LogP contribution in [0.1, 0.15) is 23.6 Å². The summed E-state index contributed by atoms with van der Waals surface area (Å²) in [6.07, 6.45) is 4.30. The summed E-state index contributed by atoms with van der Waals surface area (Å²) in [6, 6.07) is 11.2. The number of anilines is 1. The average Bonchev–Trinajstić information content (AvgIpc) is 2.62. The third-order valence-electron chi connectivity index (χ3n) is 4.33. The molecule has 2 aliphatic rings. The number of nitrogens with zero attached hydrogens (tertiary/aromatic N) is 2. The minimum atomic E-state index is -0.348. The number of hydrogen-bond donors (Lipinski definition) is 1. The fourth-order valence-electron chi connectivity index (χ4n) is 3.09. The molecule has 0 saturated carbocycles. The zero-order valence-corrected chi connectivity index (χ0v) is 14.0. The quantitative estimate of drug-likeness (QED) is 0.866. The molecule has 2 amide bonds. The standard InChI is InChI=1S/C19H14ClN3O2/c20-14-4-1-11(2-5-14)15-10-13(16-6-8-18(25)23-22-16)9-12-3-7-17(24)21-19(12)15/h1-2,4-6,8-10,16H,3,7H2,(H,21,24). The number of rotatable bonds is 2. The maximum Gasteiger partial charge on any atom is 0.287 e. The van der Waals surface area contributed by atoms with E-state index in [1.165, 1.54) is 6.08 Å². The van der Waals surface area contributed by atoms with Crippen LogP contribution < -0.4 is 5.32 Å². The van der Waals surface area contributed by atoms with Crippen LogP contribution >= 0.6 is 11.6 Å². The maximum atomic E-state index is 11.9. The van der Waals surface area contributed by atoms with Crippen LogP contribution in [0, 0.1) is 0 Å². The molecule has 2 aromatic rings. The molecule has 2 heterocycles. The van der Waals surface area contributed by atoms with Crippen molar-refractivity contribution in [2.24, 2.45) is 10.2 Å². The van der Waals surface area contributed by atoms with Crippen molar-refractivity contribution in [3.63, 3.8) is 0 Å².